The molecule has 2 aliphatic rings. The predicted octanol–water partition coefficient (Wildman–Crippen LogP) is 1.39. The Morgan fingerprint density at radius 2 is 2.00 bits per heavy atom. The van der Waals surface area contributed by atoms with Crippen LogP contribution in [0.5, 0.6) is 0 Å². The molecule has 1 unspecified atom stereocenters. The van der Waals surface area contributed by atoms with Gasteiger partial charge in [-0.2, -0.15) is 0 Å². The lowest BCUT2D eigenvalue weighted by atomic mass is 10.1. The van der Waals surface area contributed by atoms with E-state index < -0.39 is 0 Å². The molecular weight excluding hydrogens is 208 g/mol. The van der Waals surface area contributed by atoms with Gasteiger partial charge in [0.2, 0.25) is 5.91 Å². The summed E-state index contributed by atoms with van der Waals surface area (Å²) in [6, 6.07) is 0. The second-order valence-electron chi connectivity index (χ2n) is 4.40. The summed E-state index contributed by atoms with van der Waals surface area (Å²) >= 11 is 1.76. The molecule has 0 spiro atoms. The van der Waals surface area contributed by atoms with E-state index in [4.69, 9.17) is 0 Å². The largest absolute Gasteiger partial charge is 0.329 e. The van der Waals surface area contributed by atoms with Gasteiger partial charge in [-0.25, -0.2) is 0 Å². The standard InChI is InChI=1S/C11H20N2OS/c1-10-13(11(14)9-15-10)8-7-12-5-3-2-4-6-12/h10H,2-9H2,1H3. The average Bonchev–Trinajstić information content (AvgIpc) is 2.58. The first-order valence-electron chi connectivity index (χ1n) is 5.91. The third kappa shape index (κ3) is 2.88. The van der Waals surface area contributed by atoms with Crippen LogP contribution in [0.3, 0.4) is 0 Å². The third-order valence-corrected chi connectivity index (χ3v) is 4.46. The summed E-state index contributed by atoms with van der Waals surface area (Å²) < 4.78 is 0. The lowest BCUT2D eigenvalue weighted by Gasteiger charge is -2.29. The van der Waals surface area contributed by atoms with Gasteiger partial charge in [0.1, 0.15) is 0 Å². The van der Waals surface area contributed by atoms with Crippen molar-refractivity contribution in [2.75, 3.05) is 31.9 Å². The van der Waals surface area contributed by atoms with E-state index in [1.165, 1.54) is 32.4 Å². The monoisotopic (exact) mass is 228 g/mol. The second kappa shape index (κ2) is 5.21. The van der Waals surface area contributed by atoms with Crippen molar-refractivity contribution in [2.24, 2.45) is 0 Å². The van der Waals surface area contributed by atoms with Gasteiger partial charge in [-0.3, -0.25) is 4.79 Å². The molecule has 0 saturated carbocycles. The number of carbonyl (C=O) groups excluding carboxylic acids is 1. The minimum Gasteiger partial charge on any atom is -0.329 e. The molecule has 1 amide bonds. The number of rotatable bonds is 3. The number of likely N-dealkylation sites (tertiary alicyclic amines) is 1. The summed E-state index contributed by atoms with van der Waals surface area (Å²) in [6.07, 6.45) is 4.04. The average molecular weight is 228 g/mol. The molecule has 1 atom stereocenters. The first-order chi connectivity index (χ1) is 7.27. The molecule has 2 heterocycles. The molecule has 0 aromatic carbocycles. The summed E-state index contributed by atoms with van der Waals surface area (Å²) in [5, 5.41) is 0.391. The molecule has 0 aromatic rings. The molecular formula is C11H20N2OS. The molecule has 2 rings (SSSR count). The highest BCUT2D eigenvalue weighted by Crippen LogP contribution is 2.23. The van der Waals surface area contributed by atoms with Crippen LogP contribution >= 0.6 is 11.8 Å². The molecule has 2 saturated heterocycles. The molecule has 3 nitrogen and oxygen atoms in total. The van der Waals surface area contributed by atoms with Crippen molar-refractivity contribution in [1.29, 1.82) is 0 Å². The summed E-state index contributed by atoms with van der Waals surface area (Å²) in [7, 11) is 0. The maximum atomic E-state index is 11.5. The topological polar surface area (TPSA) is 23.6 Å². The summed E-state index contributed by atoms with van der Waals surface area (Å²) in [5.74, 6) is 1.01. The van der Waals surface area contributed by atoms with Crippen molar-refractivity contribution in [3.63, 3.8) is 0 Å². The van der Waals surface area contributed by atoms with Crippen molar-refractivity contribution in [3.8, 4) is 0 Å². The van der Waals surface area contributed by atoms with Crippen molar-refractivity contribution in [3.05, 3.63) is 0 Å². The van der Waals surface area contributed by atoms with Gasteiger partial charge in [0.15, 0.2) is 0 Å². The molecule has 0 radical (unpaired) electrons. The van der Waals surface area contributed by atoms with Crippen LogP contribution in [0.4, 0.5) is 0 Å². The van der Waals surface area contributed by atoms with E-state index in [1.807, 2.05) is 4.90 Å². The highest BCUT2D eigenvalue weighted by atomic mass is 32.2. The van der Waals surface area contributed by atoms with Crippen molar-refractivity contribution >= 4 is 17.7 Å². The molecule has 2 fully saturated rings. The van der Waals surface area contributed by atoms with Crippen LogP contribution in [0.2, 0.25) is 0 Å². The fraction of sp³-hybridized carbons (Fsp3) is 0.909. The van der Waals surface area contributed by atoms with Gasteiger partial charge < -0.3 is 9.80 Å². The van der Waals surface area contributed by atoms with Gasteiger partial charge in [-0.15, -0.1) is 11.8 Å². The smallest absolute Gasteiger partial charge is 0.233 e. The van der Waals surface area contributed by atoms with Crippen LogP contribution in [-0.2, 0) is 4.79 Å². The summed E-state index contributed by atoms with van der Waals surface area (Å²) in [6.45, 7) is 6.57. The van der Waals surface area contributed by atoms with Gasteiger partial charge in [0, 0.05) is 13.1 Å². The first kappa shape index (κ1) is 11.3. The number of nitrogens with zero attached hydrogens (tertiary/aromatic N) is 2. The van der Waals surface area contributed by atoms with Crippen LogP contribution in [-0.4, -0.2) is 53.0 Å². The molecule has 0 bridgehead atoms. The Balaban J connectivity index is 1.74. The molecule has 4 heteroatoms. The normalized spacial score (nSPS) is 28.7. The number of amides is 1. The van der Waals surface area contributed by atoms with Crippen LogP contribution in [0.25, 0.3) is 0 Å². The van der Waals surface area contributed by atoms with Crippen molar-refractivity contribution < 1.29 is 4.79 Å². The number of carbonyl (C=O) groups is 1. The quantitative estimate of drug-likeness (QED) is 0.729. The van der Waals surface area contributed by atoms with E-state index in [0.29, 0.717) is 17.0 Å². The number of thioether (sulfide) groups is 1. The van der Waals surface area contributed by atoms with Crippen LogP contribution in [0, 0.1) is 0 Å². The fourth-order valence-corrected chi connectivity index (χ4v) is 3.26. The van der Waals surface area contributed by atoms with Gasteiger partial charge in [-0.05, 0) is 32.9 Å². The molecule has 86 valence electrons. The second-order valence-corrected chi connectivity index (χ2v) is 5.70. The zero-order chi connectivity index (χ0) is 10.7. The Kier molecular flexibility index (Phi) is 3.92. The van der Waals surface area contributed by atoms with Crippen molar-refractivity contribution in [2.45, 2.75) is 31.6 Å². The Morgan fingerprint density at radius 3 is 2.60 bits per heavy atom. The fourth-order valence-electron chi connectivity index (χ4n) is 2.31. The van der Waals surface area contributed by atoms with Gasteiger partial charge in [0.25, 0.3) is 0 Å². The number of hydrogen-bond donors (Lipinski definition) is 0. The van der Waals surface area contributed by atoms with Crippen molar-refractivity contribution in [1.82, 2.24) is 9.80 Å². The SMILES string of the molecule is CC1SCC(=O)N1CCN1CCCCC1. The molecule has 0 aliphatic carbocycles. The van der Waals surface area contributed by atoms with E-state index in [2.05, 4.69) is 11.8 Å². The highest BCUT2D eigenvalue weighted by molar-refractivity contribution is 8.00. The van der Waals surface area contributed by atoms with Crippen LogP contribution < -0.4 is 0 Å². The summed E-state index contributed by atoms with van der Waals surface area (Å²) in [5.41, 5.74) is 0. The maximum absolute atomic E-state index is 11.5. The van der Waals surface area contributed by atoms with Gasteiger partial charge in [-0.1, -0.05) is 6.42 Å². The highest BCUT2D eigenvalue weighted by Gasteiger charge is 2.28. The van der Waals surface area contributed by atoms with Crippen LogP contribution in [0.15, 0.2) is 0 Å². The number of hydrogen-bond acceptors (Lipinski definition) is 3. The third-order valence-electron chi connectivity index (χ3n) is 3.31. The molecule has 0 aromatic heterocycles. The maximum Gasteiger partial charge on any atom is 0.233 e. The zero-order valence-electron chi connectivity index (χ0n) is 9.45. The van der Waals surface area contributed by atoms with E-state index in [1.54, 1.807) is 11.8 Å². The lowest BCUT2D eigenvalue weighted by molar-refractivity contribution is -0.127. The summed E-state index contributed by atoms with van der Waals surface area (Å²) in [4.78, 5) is 16.1. The Labute approximate surface area is 96.2 Å². The predicted molar refractivity (Wildman–Crippen MR) is 63.9 cm³/mol. The molecule has 2 aliphatic heterocycles. The lowest BCUT2D eigenvalue weighted by Crippen LogP contribution is -2.40. The molecule has 0 N–H and O–H groups in total. The molecule has 15 heavy (non-hydrogen) atoms. The van der Waals surface area contributed by atoms with E-state index in [-0.39, 0.29) is 0 Å². The van der Waals surface area contributed by atoms with E-state index in [0.717, 1.165) is 13.1 Å². The van der Waals surface area contributed by atoms with E-state index >= 15 is 0 Å². The van der Waals surface area contributed by atoms with Gasteiger partial charge >= 0.3 is 0 Å². The first-order valence-corrected chi connectivity index (χ1v) is 6.95. The Morgan fingerprint density at radius 1 is 1.27 bits per heavy atom. The minimum absolute atomic E-state index is 0.324. The number of piperidine rings is 1. The van der Waals surface area contributed by atoms with Crippen LogP contribution in [0.1, 0.15) is 26.2 Å². The van der Waals surface area contributed by atoms with Gasteiger partial charge in [0.05, 0.1) is 11.1 Å². The Hall–Kier alpha value is -0.220. The minimum atomic E-state index is 0.324. The van der Waals surface area contributed by atoms with E-state index in [9.17, 15) is 4.79 Å². The Bertz CT molecular complexity index is 229. The zero-order valence-corrected chi connectivity index (χ0v) is 10.3.